The highest BCUT2D eigenvalue weighted by Crippen LogP contribution is 2.21. The van der Waals surface area contributed by atoms with E-state index in [1.54, 1.807) is 48.0 Å². The topological polar surface area (TPSA) is 69.2 Å². The molecule has 5 nitrogen and oxygen atoms in total. The molecule has 0 saturated heterocycles. The van der Waals surface area contributed by atoms with Crippen LogP contribution >= 0.6 is 11.3 Å². The van der Waals surface area contributed by atoms with Crippen LogP contribution in [-0.4, -0.2) is 31.2 Å². The molecule has 24 heavy (non-hydrogen) atoms. The van der Waals surface area contributed by atoms with Crippen LogP contribution in [0.2, 0.25) is 0 Å². The lowest BCUT2D eigenvalue weighted by molar-refractivity contribution is 0.309. The monoisotopic (exact) mass is 360 g/mol. The Bertz CT molecular complexity index is 905. The Balaban J connectivity index is 1.70. The maximum atomic E-state index is 11.5. The van der Waals surface area contributed by atoms with E-state index in [-0.39, 0.29) is 4.90 Å². The predicted octanol–water partition coefficient (Wildman–Crippen LogP) is 3.23. The van der Waals surface area contributed by atoms with Gasteiger partial charge in [0, 0.05) is 23.1 Å². The first-order valence-corrected chi connectivity index (χ1v) is 10.1. The van der Waals surface area contributed by atoms with Crippen LogP contribution in [-0.2, 0) is 16.3 Å². The van der Waals surface area contributed by atoms with E-state index in [0.717, 1.165) is 12.0 Å². The smallest absolute Gasteiger partial charge is 0.232 e. The molecule has 1 aromatic carbocycles. The SMILES string of the molecule is CS(=O)(=O)c1ccc(-c2cncc(OCCc3cccs3)n2)cc1. The summed E-state index contributed by atoms with van der Waals surface area (Å²) < 4.78 is 28.7. The molecule has 0 aliphatic rings. The lowest BCUT2D eigenvalue weighted by Crippen LogP contribution is -2.02. The molecule has 0 atom stereocenters. The first kappa shape index (κ1) is 16.6. The fraction of sp³-hybridized carbons (Fsp3) is 0.176. The summed E-state index contributed by atoms with van der Waals surface area (Å²) in [5.74, 6) is 0.455. The number of rotatable bonds is 6. The van der Waals surface area contributed by atoms with Crippen LogP contribution in [0.1, 0.15) is 4.88 Å². The summed E-state index contributed by atoms with van der Waals surface area (Å²) in [4.78, 5) is 10.1. The maximum absolute atomic E-state index is 11.5. The Labute approximate surface area is 144 Å². The van der Waals surface area contributed by atoms with Gasteiger partial charge in [0.15, 0.2) is 9.84 Å². The lowest BCUT2D eigenvalue weighted by Gasteiger charge is -2.06. The van der Waals surface area contributed by atoms with Crippen LogP contribution in [0.5, 0.6) is 5.88 Å². The average molecular weight is 360 g/mol. The second kappa shape index (κ2) is 7.11. The standard InChI is InChI=1S/C17H16N2O3S2/c1-24(20,21)15-6-4-13(5-7-15)16-11-18-12-17(19-16)22-9-8-14-3-2-10-23-14/h2-7,10-12H,8-9H2,1H3. The van der Waals surface area contributed by atoms with Crippen LogP contribution in [0.25, 0.3) is 11.3 Å². The van der Waals surface area contributed by atoms with Gasteiger partial charge in [-0.25, -0.2) is 13.4 Å². The van der Waals surface area contributed by atoms with Gasteiger partial charge in [0.25, 0.3) is 0 Å². The van der Waals surface area contributed by atoms with Crippen LogP contribution in [0.15, 0.2) is 59.1 Å². The zero-order chi connectivity index (χ0) is 17.0. The van der Waals surface area contributed by atoms with Gasteiger partial charge >= 0.3 is 0 Å². The molecule has 7 heteroatoms. The van der Waals surface area contributed by atoms with E-state index in [9.17, 15) is 8.42 Å². The molecule has 0 unspecified atom stereocenters. The summed E-state index contributed by atoms with van der Waals surface area (Å²) in [5.41, 5.74) is 1.43. The molecule has 0 fully saturated rings. The van der Waals surface area contributed by atoms with E-state index >= 15 is 0 Å². The van der Waals surface area contributed by atoms with E-state index in [0.29, 0.717) is 18.2 Å². The summed E-state index contributed by atoms with van der Waals surface area (Å²) in [6.07, 6.45) is 5.21. The molecule has 0 aliphatic carbocycles. The van der Waals surface area contributed by atoms with Crippen molar-refractivity contribution in [1.82, 2.24) is 9.97 Å². The minimum atomic E-state index is -3.20. The molecule has 0 bridgehead atoms. The summed E-state index contributed by atoms with van der Waals surface area (Å²) in [6.45, 7) is 0.533. The Morgan fingerprint density at radius 3 is 2.58 bits per heavy atom. The van der Waals surface area contributed by atoms with E-state index < -0.39 is 9.84 Å². The van der Waals surface area contributed by atoms with Crippen LogP contribution in [0.3, 0.4) is 0 Å². The van der Waals surface area contributed by atoms with Crippen molar-refractivity contribution in [2.24, 2.45) is 0 Å². The predicted molar refractivity (Wildman–Crippen MR) is 94.1 cm³/mol. The first-order valence-electron chi connectivity index (χ1n) is 7.30. The minimum absolute atomic E-state index is 0.280. The number of nitrogens with zero attached hydrogens (tertiary/aromatic N) is 2. The summed E-state index contributed by atoms with van der Waals surface area (Å²) in [6, 6.07) is 10.7. The number of benzene rings is 1. The maximum Gasteiger partial charge on any atom is 0.232 e. The number of hydrogen-bond acceptors (Lipinski definition) is 6. The molecular weight excluding hydrogens is 344 g/mol. The minimum Gasteiger partial charge on any atom is -0.476 e. The fourth-order valence-corrected chi connectivity index (χ4v) is 3.46. The van der Waals surface area contributed by atoms with Crippen molar-refractivity contribution in [3.05, 3.63) is 59.0 Å². The first-order chi connectivity index (χ1) is 11.5. The van der Waals surface area contributed by atoms with Crippen molar-refractivity contribution >= 4 is 21.2 Å². The highest BCUT2D eigenvalue weighted by molar-refractivity contribution is 7.90. The highest BCUT2D eigenvalue weighted by Gasteiger charge is 2.08. The second-order valence-corrected chi connectivity index (χ2v) is 8.26. The third kappa shape index (κ3) is 4.18. The van der Waals surface area contributed by atoms with Gasteiger partial charge in [-0.2, -0.15) is 0 Å². The molecule has 3 rings (SSSR count). The van der Waals surface area contributed by atoms with E-state index in [1.807, 2.05) is 11.4 Å². The number of thiophene rings is 1. The third-order valence-electron chi connectivity index (χ3n) is 3.37. The van der Waals surface area contributed by atoms with Gasteiger partial charge in [-0.1, -0.05) is 18.2 Å². The number of sulfone groups is 1. The Kier molecular flexibility index (Phi) is 4.92. The second-order valence-electron chi connectivity index (χ2n) is 5.22. The van der Waals surface area contributed by atoms with Crippen molar-refractivity contribution in [1.29, 1.82) is 0 Å². The van der Waals surface area contributed by atoms with Gasteiger partial charge in [0.1, 0.15) is 0 Å². The largest absolute Gasteiger partial charge is 0.476 e. The Morgan fingerprint density at radius 1 is 1.12 bits per heavy atom. The lowest BCUT2D eigenvalue weighted by atomic mass is 10.2. The normalized spacial score (nSPS) is 11.4. The molecule has 124 valence electrons. The van der Waals surface area contributed by atoms with Gasteiger partial charge in [-0.3, -0.25) is 4.98 Å². The average Bonchev–Trinajstić information content (AvgIpc) is 3.08. The van der Waals surface area contributed by atoms with E-state index in [4.69, 9.17) is 4.74 Å². The molecule has 3 aromatic rings. The molecule has 0 radical (unpaired) electrons. The van der Waals surface area contributed by atoms with Crippen molar-refractivity contribution < 1.29 is 13.2 Å². The molecule has 2 heterocycles. The quantitative estimate of drug-likeness (QED) is 0.675. The van der Waals surface area contributed by atoms with Gasteiger partial charge in [-0.15, -0.1) is 11.3 Å². The van der Waals surface area contributed by atoms with Crippen LogP contribution in [0.4, 0.5) is 0 Å². The Morgan fingerprint density at radius 2 is 1.92 bits per heavy atom. The summed E-state index contributed by atoms with van der Waals surface area (Å²) in [5, 5.41) is 2.04. The van der Waals surface area contributed by atoms with E-state index in [2.05, 4.69) is 16.0 Å². The summed E-state index contributed by atoms with van der Waals surface area (Å²) in [7, 11) is -3.20. The molecule has 0 aliphatic heterocycles. The van der Waals surface area contributed by atoms with Crippen molar-refractivity contribution in [3.63, 3.8) is 0 Å². The van der Waals surface area contributed by atoms with Gasteiger partial charge in [0.2, 0.25) is 5.88 Å². The van der Waals surface area contributed by atoms with Crippen molar-refractivity contribution in [3.8, 4) is 17.1 Å². The van der Waals surface area contributed by atoms with Gasteiger partial charge in [-0.05, 0) is 23.6 Å². The highest BCUT2D eigenvalue weighted by atomic mass is 32.2. The van der Waals surface area contributed by atoms with Crippen molar-refractivity contribution in [2.75, 3.05) is 12.9 Å². The van der Waals surface area contributed by atoms with Gasteiger partial charge < -0.3 is 4.74 Å². The molecule has 0 amide bonds. The number of ether oxygens (including phenoxy) is 1. The zero-order valence-electron chi connectivity index (χ0n) is 13.0. The third-order valence-corrected chi connectivity index (χ3v) is 5.43. The zero-order valence-corrected chi connectivity index (χ0v) is 14.7. The summed E-state index contributed by atoms with van der Waals surface area (Å²) >= 11 is 1.70. The number of aromatic nitrogens is 2. The molecule has 0 saturated carbocycles. The van der Waals surface area contributed by atoms with Gasteiger partial charge in [0.05, 0.1) is 29.6 Å². The molecule has 0 spiro atoms. The Hall–Kier alpha value is -2.25. The number of hydrogen-bond donors (Lipinski definition) is 0. The van der Waals surface area contributed by atoms with E-state index in [1.165, 1.54) is 11.1 Å². The molecule has 0 N–H and O–H groups in total. The molecule has 2 aromatic heterocycles. The van der Waals surface area contributed by atoms with Crippen molar-refractivity contribution in [2.45, 2.75) is 11.3 Å². The van der Waals surface area contributed by atoms with Crippen LogP contribution in [0, 0.1) is 0 Å². The molecular formula is C17H16N2O3S2. The fourth-order valence-electron chi connectivity index (χ4n) is 2.14. The van der Waals surface area contributed by atoms with Crippen LogP contribution < -0.4 is 4.74 Å².